The number of aryl methyl sites for hydroxylation is 1. The highest BCUT2D eigenvalue weighted by Gasteiger charge is 2.28. The number of hydrogen-bond acceptors (Lipinski definition) is 10. The molecule has 0 aliphatic carbocycles. The van der Waals surface area contributed by atoms with Crippen LogP contribution in [-0.4, -0.2) is 94.4 Å². The molecule has 1 atom stereocenters. The van der Waals surface area contributed by atoms with Gasteiger partial charge in [-0.2, -0.15) is 4.98 Å². The van der Waals surface area contributed by atoms with Gasteiger partial charge in [-0.05, 0) is 52.7 Å². The van der Waals surface area contributed by atoms with Gasteiger partial charge in [0, 0.05) is 38.4 Å². The summed E-state index contributed by atoms with van der Waals surface area (Å²) in [4.78, 5) is 39.7. The van der Waals surface area contributed by atoms with Gasteiger partial charge in [-0.25, -0.2) is 14.6 Å². The van der Waals surface area contributed by atoms with Crippen LogP contribution in [0, 0.1) is 6.92 Å². The van der Waals surface area contributed by atoms with E-state index in [9.17, 15) is 9.59 Å². The largest absolute Gasteiger partial charge is 0.414 e. The van der Waals surface area contributed by atoms with Crippen molar-refractivity contribution in [1.82, 2.24) is 35.3 Å². The molecule has 34 heavy (non-hydrogen) atoms. The quantitative estimate of drug-likeness (QED) is 0.647. The molecule has 2 aromatic heterocycles. The third kappa shape index (κ3) is 6.29. The lowest BCUT2D eigenvalue weighted by atomic mass is 10.1. The highest BCUT2D eigenvalue weighted by atomic mass is 32.1. The fraction of sp³-hybridized carbons (Fsp3) is 0.619. The number of hydrogen-bond donors (Lipinski definition) is 2. The van der Waals surface area contributed by atoms with Crippen molar-refractivity contribution in [3.63, 3.8) is 0 Å². The Morgan fingerprint density at radius 2 is 2.00 bits per heavy atom. The van der Waals surface area contributed by atoms with Crippen LogP contribution in [0.25, 0.3) is 0 Å². The molecule has 0 bridgehead atoms. The Labute approximate surface area is 202 Å². The topological polar surface area (TPSA) is 129 Å². The summed E-state index contributed by atoms with van der Waals surface area (Å²) in [5, 5.41) is 14.9. The number of nitrogens with one attached hydrogen (secondary N) is 2. The van der Waals surface area contributed by atoms with E-state index in [1.54, 1.807) is 24.2 Å². The molecule has 0 spiro atoms. The van der Waals surface area contributed by atoms with Crippen LogP contribution < -0.4 is 20.3 Å². The summed E-state index contributed by atoms with van der Waals surface area (Å²) >= 11 is 1.33. The number of carbonyl (C=O) groups excluding carboxylic acids is 2. The highest BCUT2D eigenvalue weighted by Crippen LogP contribution is 2.22. The van der Waals surface area contributed by atoms with E-state index < -0.39 is 6.09 Å². The van der Waals surface area contributed by atoms with E-state index in [1.165, 1.54) is 11.3 Å². The number of ether oxygens (including phenoxy) is 1. The van der Waals surface area contributed by atoms with E-state index in [0.29, 0.717) is 17.6 Å². The van der Waals surface area contributed by atoms with Crippen LogP contribution in [0.1, 0.15) is 30.7 Å². The van der Waals surface area contributed by atoms with Crippen LogP contribution >= 0.6 is 11.3 Å². The van der Waals surface area contributed by atoms with Crippen LogP contribution in [0.5, 0.6) is 5.88 Å². The Hall–Kier alpha value is -3.06. The van der Waals surface area contributed by atoms with Crippen LogP contribution in [0.3, 0.4) is 0 Å². The zero-order chi connectivity index (χ0) is 24.1. The SMILES string of the molecule is Cc1nnc(NC(=O)N(C)[C@@H]2CCCN(c3nccc(OC(=O)NC4CCN(C)CC4)n3)C2)s1. The summed E-state index contributed by atoms with van der Waals surface area (Å²) in [6.45, 7) is 5.07. The lowest BCUT2D eigenvalue weighted by molar-refractivity contribution is 0.180. The minimum absolute atomic E-state index is 0.0244. The molecule has 3 amide bonds. The molecule has 184 valence electrons. The van der Waals surface area contributed by atoms with Crippen molar-refractivity contribution in [3.8, 4) is 5.88 Å². The second-order valence-corrected chi connectivity index (χ2v) is 9.90. The van der Waals surface area contributed by atoms with Crippen molar-refractivity contribution in [3.05, 3.63) is 17.3 Å². The molecule has 2 aliphatic rings. The number of amides is 3. The number of urea groups is 1. The Morgan fingerprint density at radius 3 is 2.74 bits per heavy atom. The Morgan fingerprint density at radius 1 is 1.21 bits per heavy atom. The maximum absolute atomic E-state index is 12.7. The second-order valence-electron chi connectivity index (χ2n) is 8.72. The first-order valence-electron chi connectivity index (χ1n) is 11.5. The Balaban J connectivity index is 1.32. The molecule has 12 nitrogen and oxygen atoms in total. The van der Waals surface area contributed by atoms with Gasteiger partial charge >= 0.3 is 12.1 Å². The molecule has 4 rings (SSSR count). The van der Waals surface area contributed by atoms with Crippen LogP contribution in [0.2, 0.25) is 0 Å². The molecule has 0 saturated carbocycles. The first kappa shape index (κ1) is 24.1. The monoisotopic (exact) mass is 489 g/mol. The molecule has 2 aromatic rings. The van der Waals surface area contributed by atoms with Crippen molar-refractivity contribution in [2.75, 3.05) is 50.5 Å². The molecule has 2 fully saturated rings. The molecule has 2 N–H and O–H groups in total. The highest BCUT2D eigenvalue weighted by molar-refractivity contribution is 7.15. The zero-order valence-corrected chi connectivity index (χ0v) is 20.5. The maximum atomic E-state index is 12.7. The molecule has 2 aliphatic heterocycles. The molecular formula is C21H31N9O3S. The number of likely N-dealkylation sites (tertiary alicyclic amines) is 1. The summed E-state index contributed by atoms with van der Waals surface area (Å²) in [7, 11) is 3.84. The summed E-state index contributed by atoms with van der Waals surface area (Å²) in [5.74, 6) is 0.679. The fourth-order valence-corrected chi connectivity index (χ4v) is 4.71. The first-order valence-corrected chi connectivity index (χ1v) is 12.3. The molecule has 2 saturated heterocycles. The molecule has 0 unspecified atom stereocenters. The third-order valence-corrected chi connectivity index (χ3v) is 6.90. The molecule has 0 aromatic carbocycles. The minimum atomic E-state index is -0.501. The van der Waals surface area contributed by atoms with Crippen LogP contribution in [-0.2, 0) is 0 Å². The van der Waals surface area contributed by atoms with Crippen LogP contribution in [0.4, 0.5) is 20.7 Å². The number of carbonyl (C=O) groups is 2. The van der Waals surface area contributed by atoms with Crippen molar-refractivity contribution in [2.45, 2.75) is 44.7 Å². The van der Waals surface area contributed by atoms with Gasteiger partial charge in [-0.3, -0.25) is 5.32 Å². The van der Waals surface area contributed by atoms with Crippen molar-refractivity contribution >= 4 is 34.5 Å². The average molecular weight is 490 g/mol. The number of likely N-dealkylation sites (N-methyl/N-ethyl adjacent to an activating group) is 1. The Bertz CT molecular complexity index is 995. The lowest BCUT2D eigenvalue weighted by Crippen LogP contribution is -2.50. The number of rotatable bonds is 5. The van der Waals surface area contributed by atoms with E-state index in [0.717, 1.165) is 50.3 Å². The molecule has 0 radical (unpaired) electrons. The number of anilines is 2. The smallest absolute Gasteiger partial charge is 0.391 e. The first-order chi connectivity index (χ1) is 16.4. The van der Waals surface area contributed by atoms with Gasteiger partial charge in [0.1, 0.15) is 5.01 Å². The molecular weight excluding hydrogens is 458 g/mol. The second kappa shape index (κ2) is 10.9. The van der Waals surface area contributed by atoms with Crippen molar-refractivity contribution < 1.29 is 14.3 Å². The molecule has 4 heterocycles. The van der Waals surface area contributed by atoms with Crippen molar-refractivity contribution in [2.24, 2.45) is 0 Å². The normalized spacial score (nSPS) is 19.5. The minimum Gasteiger partial charge on any atom is -0.391 e. The van der Waals surface area contributed by atoms with E-state index >= 15 is 0 Å². The van der Waals surface area contributed by atoms with Gasteiger partial charge in [-0.15, -0.1) is 10.2 Å². The standard InChI is InChI=1S/C21H31N9O3S/c1-14-26-27-19(34-14)25-20(31)29(3)16-5-4-10-30(13-16)18-22-9-6-17(24-18)33-21(32)23-15-7-11-28(2)12-8-15/h6,9,15-16H,4-5,7-8,10-13H2,1-3H3,(H,23,32)(H,25,27,31)/t16-/m1/s1. The third-order valence-electron chi connectivity index (χ3n) is 6.14. The lowest BCUT2D eigenvalue weighted by Gasteiger charge is -2.37. The van der Waals surface area contributed by atoms with E-state index in [1.807, 2.05) is 11.8 Å². The fourth-order valence-electron chi connectivity index (χ4n) is 4.13. The van der Waals surface area contributed by atoms with E-state index in [2.05, 4.69) is 42.7 Å². The number of nitrogens with zero attached hydrogens (tertiary/aromatic N) is 7. The summed E-state index contributed by atoms with van der Waals surface area (Å²) in [5.41, 5.74) is 0. The maximum Gasteiger partial charge on any atom is 0.414 e. The van der Waals surface area contributed by atoms with Gasteiger partial charge in [-0.1, -0.05) is 11.3 Å². The average Bonchev–Trinajstić information content (AvgIpc) is 3.24. The number of piperidine rings is 2. The summed E-state index contributed by atoms with van der Waals surface area (Å²) in [6, 6.07) is 1.43. The zero-order valence-electron chi connectivity index (χ0n) is 19.7. The van der Waals surface area contributed by atoms with Crippen molar-refractivity contribution in [1.29, 1.82) is 0 Å². The van der Waals surface area contributed by atoms with Gasteiger partial charge in [0.2, 0.25) is 17.0 Å². The van der Waals surface area contributed by atoms with Gasteiger partial charge in [0.25, 0.3) is 0 Å². The van der Waals surface area contributed by atoms with Gasteiger partial charge < -0.3 is 24.8 Å². The van der Waals surface area contributed by atoms with E-state index in [4.69, 9.17) is 4.74 Å². The molecule has 13 heteroatoms. The predicted octanol–water partition coefficient (Wildman–Crippen LogP) is 1.95. The van der Waals surface area contributed by atoms with Gasteiger partial charge in [0.05, 0.1) is 6.04 Å². The van der Waals surface area contributed by atoms with Crippen LogP contribution in [0.15, 0.2) is 12.3 Å². The van der Waals surface area contributed by atoms with E-state index in [-0.39, 0.29) is 24.0 Å². The summed E-state index contributed by atoms with van der Waals surface area (Å²) in [6.07, 6.45) is 4.62. The predicted molar refractivity (Wildman–Crippen MR) is 128 cm³/mol. The Kier molecular flexibility index (Phi) is 7.73. The van der Waals surface area contributed by atoms with Gasteiger partial charge in [0.15, 0.2) is 0 Å². The number of aromatic nitrogens is 4. The summed E-state index contributed by atoms with van der Waals surface area (Å²) < 4.78 is 5.43.